The molecule has 0 aliphatic heterocycles. The Balaban J connectivity index is 2.18. The first-order valence-corrected chi connectivity index (χ1v) is 8.64. The summed E-state index contributed by atoms with van der Waals surface area (Å²) in [6.07, 6.45) is 7.47. The Bertz CT molecular complexity index is 641. The van der Waals surface area contributed by atoms with Crippen molar-refractivity contribution in [3.05, 3.63) is 28.5 Å². The fourth-order valence-corrected chi connectivity index (χ4v) is 4.63. The van der Waals surface area contributed by atoms with Crippen LogP contribution in [-0.2, 0) is 0 Å². The van der Waals surface area contributed by atoms with Crippen LogP contribution in [0.2, 0.25) is 0 Å². The molecule has 1 N–H and O–H groups in total. The second-order valence-electron chi connectivity index (χ2n) is 5.40. The Hall–Kier alpha value is -0.740. The monoisotopic (exact) mass is 292 g/mol. The minimum absolute atomic E-state index is 0.547. The lowest BCUT2D eigenvalue weighted by Gasteiger charge is -2.32. The molecule has 2 aromatic rings. The predicted molar refractivity (Wildman–Crippen MR) is 86.7 cm³/mol. The zero-order valence-electron chi connectivity index (χ0n) is 11.5. The molecule has 2 nitrogen and oxygen atoms in total. The van der Waals surface area contributed by atoms with Gasteiger partial charge in [0.25, 0.3) is 0 Å². The van der Waals surface area contributed by atoms with Gasteiger partial charge in [-0.1, -0.05) is 25.0 Å². The van der Waals surface area contributed by atoms with E-state index in [9.17, 15) is 0 Å². The molecule has 1 heterocycles. The highest BCUT2D eigenvalue weighted by Gasteiger charge is 2.27. The van der Waals surface area contributed by atoms with Crippen molar-refractivity contribution < 1.29 is 0 Å². The van der Waals surface area contributed by atoms with E-state index in [1.165, 1.54) is 42.3 Å². The molecule has 1 fully saturated rings. The first-order valence-electron chi connectivity index (χ1n) is 6.95. The number of imidazole rings is 1. The van der Waals surface area contributed by atoms with Gasteiger partial charge in [0, 0.05) is 11.3 Å². The Kier molecular flexibility index (Phi) is 3.72. The summed E-state index contributed by atoms with van der Waals surface area (Å²) in [4.78, 5) is 3.38. The van der Waals surface area contributed by atoms with Gasteiger partial charge in [-0.05, 0) is 49.9 Å². The number of nitrogens with one attached hydrogen (secondary N) is 1. The minimum Gasteiger partial charge on any atom is -0.331 e. The molecular formula is C15H20N2S2. The van der Waals surface area contributed by atoms with Gasteiger partial charge >= 0.3 is 0 Å². The highest BCUT2D eigenvalue weighted by atomic mass is 32.2. The molecule has 2 atom stereocenters. The van der Waals surface area contributed by atoms with Gasteiger partial charge in [0.1, 0.15) is 0 Å². The molecule has 19 heavy (non-hydrogen) atoms. The van der Waals surface area contributed by atoms with Gasteiger partial charge in [-0.15, -0.1) is 0 Å². The van der Waals surface area contributed by atoms with Crippen LogP contribution in [0.3, 0.4) is 0 Å². The molecule has 3 rings (SSSR count). The van der Waals surface area contributed by atoms with E-state index in [0.717, 1.165) is 4.77 Å². The van der Waals surface area contributed by atoms with Crippen LogP contribution in [-0.4, -0.2) is 21.1 Å². The lowest BCUT2D eigenvalue weighted by Crippen LogP contribution is -2.25. The van der Waals surface area contributed by atoms with Gasteiger partial charge in [-0.3, -0.25) is 0 Å². The van der Waals surface area contributed by atoms with Crippen molar-refractivity contribution in [3.63, 3.8) is 0 Å². The van der Waals surface area contributed by atoms with Crippen molar-refractivity contribution in [3.8, 4) is 0 Å². The molecule has 1 aliphatic rings. The van der Waals surface area contributed by atoms with Crippen LogP contribution in [0.15, 0.2) is 18.2 Å². The lowest BCUT2D eigenvalue weighted by molar-refractivity contribution is 0.368. The predicted octanol–water partition coefficient (Wildman–Crippen LogP) is 4.85. The van der Waals surface area contributed by atoms with Crippen LogP contribution in [0.5, 0.6) is 0 Å². The molecular weight excluding hydrogens is 272 g/mol. The zero-order valence-corrected chi connectivity index (χ0v) is 13.1. The maximum atomic E-state index is 5.59. The van der Waals surface area contributed by atoms with Crippen molar-refractivity contribution >= 4 is 35.0 Å². The van der Waals surface area contributed by atoms with Gasteiger partial charge < -0.3 is 9.55 Å². The number of benzene rings is 1. The highest BCUT2D eigenvalue weighted by Crippen LogP contribution is 2.38. The number of hydrogen-bond donors (Lipinski definition) is 1. The Labute approximate surface area is 123 Å². The third-order valence-corrected chi connectivity index (χ3v) is 5.70. The van der Waals surface area contributed by atoms with E-state index < -0.39 is 0 Å². The summed E-state index contributed by atoms with van der Waals surface area (Å²) < 4.78 is 3.27. The number of aryl methyl sites for hydroxylation is 1. The van der Waals surface area contributed by atoms with Crippen molar-refractivity contribution in [2.45, 2.75) is 43.9 Å². The first-order chi connectivity index (χ1) is 9.22. The van der Waals surface area contributed by atoms with Gasteiger partial charge in [0.2, 0.25) is 0 Å². The zero-order chi connectivity index (χ0) is 13.4. The van der Waals surface area contributed by atoms with E-state index in [1.54, 1.807) is 0 Å². The second kappa shape index (κ2) is 5.33. The SMILES string of the molecule is CSC1CCCCC1n1c(=S)[nH]c2cccc(C)c21. The van der Waals surface area contributed by atoms with Crippen molar-refractivity contribution in [2.75, 3.05) is 6.26 Å². The van der Waals surface area contributed by atoms with Gasteiger partial charge in [0.05, 0.1) is 11.0 Å². The topological polar surface area (TPSA) is 20.7 Å². The summed E-state index contributed by atoms with van der Waals surface area (Å²) in [7, 11) is 0. The van der Waals surface area contributed by atoms with Gasteiger partial charge in [0.15, 0.2) is 4.77 Å². The van der Waals surface area contributed by atoms with E-state index in [2.05, 4.69) is 40.9 Å². The minimum atomic E-state index is 0.547. The molecule has 0 bridgehead atoms. The number of aromatic nitrogens is 2. The van der Waals surface area contributed by atoms with Crippen LogP contribution in [0, 0.1) is 11.7 Å². The number of fused-ring (bicyclic) bond motifs is 1. The normalized spacial score (nSPS) is 23.9. The van der Waals surface area contributed by atoms with Crippen LogP contribution in [0.25, 0.3) is 11.0 Å². The molecule has 4 heteroatoms. The van der Waals surface area contributed by atoms with Gasteiger partial charge in [-0.2, -0.15) is 11.8 Å². The third kappa shape index (κ3) is 2.25. The molecule has 0 amide bonds. The number of H-pyrrole nitrogens is 1. The van der Waals surface area contributed by atoms with Crippen molar-refractivity contribution in [1.82, 2.24) is 9.55 Å². The van der Waals surface area contributed by atoms with E-state index in [0.29, 0.717) is 11.3 Å². The largest absolute Gasteiger partial charge is 0.331 e. The van der Waals surface area contributed by atoms with E-state index in [4.69, 9.17) is 12.2 Å². The second-order valence-corrected chi connectivity index (χ2v) is 6.86. The molecule has 2 unspecified atom stereocenters. The Morgan fingerprint density at radius 2 is 2.11 bits per heavy atom. The fraction of sp³-hybridized carbons (Fsp3) is 0.533. The van der Waals surface area contributed by atoms with Crippen LogP contribution in [0.1, 0.15) is 37.3 Å². The molecule has 0 saturated heterocycles. The number of para-hydroxylation sites is 1. The molecule has 1 aromatic carbocycles. The van der Waals surface area contributed by atoms with E-state index in [1.807, 2.05) is 11.8 Å². The maximum Gasteiger partial charge on any atom is 0.178 e. The van der Waals surface area contributed by atoms with Crippen molar-refractivity contribution in [1.29, 1.82) is 0 Å². The summed E-state index contributed by atoms with van der Waals surface area (Å²) in [5.41, 5.74) is 3.80. The van der Waals surface area contributed by atoms with E-state index in [-0.39, 0.29) is 0 Å². The Morgan fingerprint density at radius 1 is 1.32 bits per heavy atom. The highest BCUT2D eigenvalue weighted by molar-refractivity contribution is 7.99. The summed E-state index contributed by atoms with van der Waals surface area (Å²) in [6.45, 7) is 2.18. The summed E-state index contributed by atoms with van der Waals surface area (Å²) >= 11 is 7.59. The molecule has 1 aromatic heterocycles. The summed E-state index contributed by atoms with van der Waals surface area (Å²) in [6, 6.07) is 6.95. The number of thioether (sulfide) groups is 1. The quantitative estimate of drug-likeness (QED) is 0.798. The maximum absolute atomic E-state index is 5.59. The number of rotatable bonds is 2. The first kappa shape index (κ1) is 13.3. The average Bonchev–Trinajstić information content (AvgIpc) is 2.76. The summed E-state index contributed by atoms with van der Waals surface area (Å²) in [5, 5.41) is 0.694. The number of hydrogen-bond acceptors (Lipinski definition) is 2. The fourth-order valence-electron chi connectivity index (χ4n) is 3.32. The average molecular weight is 292 g/mol. The molecule has 1 saturated carbocycles. The molecule has 1 aliphatic carbocycles. The number of nitrogens with zero attached hydrogens (tertiary/aromatic N) is 1. The van der Waals surface area contributed by atoms with Crippen LogP contribution in [0.4, 0.5) is 0 Å². The Morgan fingerprint density at radius 3 is 2.89 bits per heavy atom. The molecule has 0 radical (unpaired) electrons. The van der Waals surface area contributed by atoms with Crippen LogP contribution < -0.4 is 0 Å². The molecule has 102 valence electrons. The lowest BCUT2D eigenvalue weighted by atomic mass is 9.94. The standard InChI is InChI=1S/C15H20N2S2/c1-10-6-5-7-11-14(10)17(15(18)16-11)12-8-3-4-9-13(12)19-2/h5-7,12-13H,3-4,8-9H2,1-2H3,(H,16,18). The van der Waals surface area contributed by atoms with Crippen LogP contribution >= 0.6 is 24.0 Å². The van der Waals surface area contributed by atoms with Crippen molar-refractivity contribution in [2.24, 2.45) is 0 Å². The van der Waals surface area contributed by atoms with E-state index >= 15 is 0 Å². The number of aromatic amines is 1. The third-order valence-electron chi connectivity index (χ3n) is 4.24. The summed E-state index contributed by atoms with van der Waals surface area (Å²) in [5.74, 6) is 0. The smallest absolute Gasteiger partial charge is 0.178 e. The van der Waals surface area contributed by atoms with Gasteiger partial charge in [-0.25, -0.2) is 0 Å². The molecule has 0 spiro atoms.